The number of hydrogen-bond acceptors (Lipinski definition) is 5. The van der Waals surface area contributed by atoms with Crippen LogP contribution < -0.4 is 4.74 Å². The van der Waals surface area contributed by atoms with Gasteiger partial charge in [0, 0.05) is 26.2 Å². The van der Waals surface area contributed by atoms with E-state index >= 15 is 0 Å². The number of carbonyl (C=O) groups is 1. The number of ether oxygens (including phenoxy) is 1. The average Bonchev–Trinajstić information content (AvgIpc) is 2.74. The van der Waals surface area contributed by atoms with Crippen LogP contribution in [0.25, 0.3) is 0 Å². The van der Waals surface area contributed by atoms with Crippen molar-refractivity contribution in [3.8, 4) is 11.8 Å². The molecule has 1 amide bonds. The van der Waals surface area contributed by atoms with E-state index in [4.69, 9.17) is 4.74 Å². The summed E-state index contributed by atoms with van der Waals surface area (Å²) in [6.45, 7) is 4.70. The van der Waals surface area contributed by atoms with Crippen LogP contribution >= 0.6 is 0 Å². The van der Waals surface area contributed by atoms with Gasteiger partial charge in [0.25, 0.3) is 5.91 Å². The minimum Gasteiger partial charge on any atom is -0.483 e. The fraction of sp³-hybridized carbons (Fsp3) is 0.333. The fourth-order valence-corrected chi connectivity index (χ4v) is 4.76. The average molecular weight is 413 g/mol. The summed E-state index contributed by atoms with van der Waals surface area (Å²) < 4.78 is 32.7. The molecule has 8 heteroatoms. The lowest BCUT2D eigenvalue weighted by atomic mass is 10.1. The van der Waals surface area contributed by atoms with Crippen molar-refractivity contribution in [1.82, 2.24) is 9.21 Å². The number of nitrogens with zero attached hydrogens (tertiary/aromatic N) is 3. The lowest BCUT2D eigenvalue weighted by molar-refractivity contribution is -0.134. The predicted octanol–water partition coefficient (Wildman–Crippen LogP) is 2.09. The Labute approximate surface area is 171 Å². The van der Waals surface area contributed by atoms with Crippen molar-refractivity contribution in [2.75, 3.05) is 32.8 Å². The second-order valence-electron chi connectivity index (χ2n) is 6.95. The summed E-state index contributed by atoms with van der Waals surface area (Å²) in [5.41, 5.74) is 2.12. The van der Waals surface area contributed by atoms with Gasteiger partial charge in [0.05, 0.1) is 10.5 Å². The van der Waals surface area contributed by atoms with Gasteiger partial charge in [0.15, 0.2) is 6.61 Å². The molecule has 0 spiro atoms. The van der Waals surface area contributed by atoms with Crippen LogP contribution in [0.15, 0.2) is 47.4 Å². The van der Waals surface area contributed by atoms with Crippen LogP contribution in [0.4, 0.5) is 0 Å². The molecule has 1 heterocycles. The van der Waals surface area contributed by atoms with Gasteiger partial charge in [-0.3, -0.25) is 4.79 Å². The third kappa shape index (κ3) is 4.58. The van der Waals surface area contributed by atoms with Crippen molar-refractivity contribution in [3.05, 3.63) is 59.2 Å². The van der Waals surface area contributed by atoms with Crippen LogP contribution in [-0.2, 0) is 14.8 Å². The van der Waals surface area contributed by atoms with Crippen molar-refractivity contribution in [2.45, 2.75) is 18.7 Å². The number of hydrogen-bond donors (Lipinski definition) is 0. The molecule has 0 atom stereocenters. The number of sulfonamides is 1. The summed E-state index contributed by atoms with van der Waals surface area (Å²) in [7, 11) is -3.78. The third-order valence-electron chi connectivity index (χ3n) is 4.91. The van der Waals surface area contributed by atoms with E-state index in [0.717, 1.165) is 11.1 Å². The zero-order valence-corrected chi connectivity index (χ0v) is 17.3. The first-order valence-corrected chi connectivity index (χ1v) is 10.7. The van der Waals surface area contributed by atoms with E-state index in [1.807, 2.05) is 38.1 Å². The zero-order valence-electron chi connectivity index (χ0n) is 16.5. The molecule has 2 aromatic rings. The molecule has 0 unspecified atom stereocenters. The monoisotopic (exact) mass is 413 g/mol. The molecule has 3 rings (SSSR count). The van der Waals surface area contributed by atoms with Gasteiger partial charge in [-0.1, -0.05) is 24.3 Å². The van der Waals surface area contributed by atoms with Gasteiger partial charge >= 0.3 is 0 Å². The summed E-state index contributed by atoms with van der Waals surface area (Å²) >= 11 is 0. The van der Waals surface area contributed by atoms with Gasteiger partial charge < -0.3 is 9.64 Å². The SMILES string of the molecule is Cc1ccc(C)c(OCC(=O)N2CCN(S(=O)(=O)c3ccccc3C#N)CC2)c1. The lowest BCUT2D eigenvalue weighted by Gasteiger charge is -2.34. The first-order valence-electron chi connectivity index (χ1n) is 9.30. The Hall–Kier alpha value is -2.89. The maximum atomic E-state index is 12.9. The van der Waals surface area contributed by atoms with Crippen LogP contribution in [-0.4, -0.2) is 56.3 Å². The fourth-order valence-electron chi connectivity index (χ4n) is 3.19. The first-order chi connectivity index (χ1) is 13.8. The number of amides is 1. The van der Waals surface area contributed by atoms with E-state index in [-0.39, 0.29) is 49.2 Å². The zero-order chi connectivity index (χ0) is 21.0. The van der Waals surface area contributed by atoms with Gasteiger partial charge in [-0.25, -0.2) is 8.42 Å². The Balaban J connectivity index is 1.60. The maximum Gasteiger partial charge on any atom is 0.260 e. The van der Waals surface area contributed by atoms with E-state index in [1.54, 1.807) is 17.0 Å². The van der Waals surface area contributed by atoms with Crippen molar-refractivity contribution < 1.29 is 17.9 Å². The Bertz CT molecular complexity index is 1050. The molecule has 1 aliphatic rings. The van der Waals surface area contributed by atoms with E-state index < -0.39 is 10.0 Å². The molecule has 29 heavy (non-hydrogen) atoms. The third-order valence-corrected chi connectivity index (χ3v) is 6.87. The maximum absolute atomic E-state index is 12.9. The molecule has 0 aliphatic carbocycles. The quantitative estimate of drug-likeness (QED) is 0.749. The summed E-state index contributed by atoms with van der Waals surface area (Å²) in [5.74, 6) is 0.494. The molecule has 0 N–H and O–H groups in total. The normalized spacial score (nSPS) is 15.0. The Morgan fingerprint density at radius 2 is 1.79 bits per heavy atom. The van der Waals surface area contributed by atoms with Crippen molar-refractivity contribution in [1.29, 1.82) is 5.26 Å². The summed E-state index contributed by atoms with van der Waals surface area (Å²) in [5, 5.41) is 9.18. The minimum absolute atomic E-state index is 0.000493. The second-order valence-corrected chi connectivity index (χ2v) is 8.86. The largest absolute Gasteiger partial charge is 0.483 e. The molecule has 1 fully saturated rings. The first kappa shape index (κ1) is 20.8. The van der Waals surface area contributed by atoms with E-state index in [9.17, 15) is 18.5 Å². The van der Waals surface area contributed by atoms with Gasteiger partial charge in [-0.15, -0.1) is 0 Å². The van der Waals surface area contributed by atoms with Crippen LogP contribution in [0, 0.1) is 25.2 Å². The number of benzene rings is 2. The highest BCUT2D eigenvalue weighted by molar-refractivity contribution is 7.89. The molecule has 0 aromatic heterocycles. The smallest absolute Gasteiger partial charge is 0.260 e. The molecule has 0 bridgehead atoms. The summed E-state index contributed by atoms with van der Waals surface area (Å²) in [6.07, 6.45) is 0. The Morgan fingerprint density at radius 1 is 1.10 bits per heavy atom. The molecule has 2 aromatic carbocycles. The van der Waals surface area contributed by atoms with Crippen molar-refractivity contribution in [2.24, 2.45) is 0 Å². The van der Waals surface area contributed by atoms with Crippen LogP contribution in [0.2, 0.25) is 0 Å². The molecule has 0 saturated carbocycles. The highest BCUT2D eigenvalue weighted by Gasteiger charge is 2.31. The van der Waals surface area contributed by atoms with Crippen molar-refractivity contribution >= 4 is 15.9 Å². The number of aryl methyl sites for hydroxylation is 2. The highest BCUT2D eigenvalue weighted by atomic mass is 32.2. The minimum atomic E-state index is -3.78. The van der Waals surface area contributed by atoms with Gasteiger partial charge in [0.2, 0.25) is 10.0 Å². The topological polar surface area (TPSA) is 90.7 Å². The molecule has 7 nitrogen and oxygen atoms in total. The van der Waals surface area contributed by atoms with Gasteiger partial charge in [-0.2, -0.15) is 9.57 Å². The van der Waals surface area contributed by atoms with Gasteiger partial charge in [-0.05, 0) is 43.2 Å². The van der Waals surface area contributed by atoms with E-state index in [2.05, 4.69) is 0 Å². The number of piperazine rings is 1. The van der Waals surface area contributed by atoms with Crippen LogP contribution in [0.1, 0.15) is 16.7 Å². The molecule has 1 aliphatic heterocycles. The molecule has 152 valence electrons. The van der Waals surface area contributed by atoms with Gasteiger partial charge in [0.1, 0.15) is 11.8 Å². The highest BCUT2D eigenvalue weighted by Crippen LogP contribution is 2.22. The summed E-state index contributed by atoms with van der Waals surface area (Å²) in [4.78, 5) is 14.1. The Kier molecular flexibility index (Phi) is 6.20. The van der Waals surface area contributed by atoms with E-state index in [1.165, 1.54) is 16.4 Å². The molecule has 0 radical (unpaired) electrons. The molecular formula is C21H23N3O4S. The predicted molar refractivity (Wildman–Crippen MR) is 108 cm³/mol. The second kappa shape index (κ2) is 8.64. The van der Waals surface area contributed by atoms with E-state index in [0.29, 0.717) is 5.75 Å². The number of nitriles is 1. The molecule has 1 saturated heterocycles. The van der Waals surface area contributed by atoms with Crippen molar-refractivity contribution in [3.63, 3.8) is 0 Å². The van der Waals surface area contributed by atoms with Crippen LogP contribution in [0.3, 0.4) is 0 Å². The Morgan fingerprint density at radius 3 is 2.48 bits per heavy atom. The number of carbonyl (C=O) groups excluding carboxylic acids is 1. The lowest BCUT2D eigenvalue weighted by Crippen LogP contribution is -2.51. The van der Waals surface area contributed by atoms with Crippen LogP contribution in [0.5, 0.6) is 5.75 Å². The molecular weight excluding hydrogens is 390 g/mol. The summed E-state index contributed by atoms with van der Waals surface area (Å²) in [6, 6.07) is 13.9. The number of rotatable bonds is 5. The standard InChI is InChI=1S/C21H23N3O4S/c1-16-7-8-17(2)19(13-16)28-15-21(25)23-9-11-24(12-10-23)29(26,27)20-6-4-3-5-18(20)14-22/h3-8,13H,9-12,15H2,1-2H3.